The third kappa shape index (κ3) is 16.7. The van der Waals surface area contributed by atoms with Crippen LogP contribution in [0.25, 0.3) is 0 Å². The van der Waals surface area contributed by atoms with Crippen LogP contribution in [-0.4, -0.2) is 126 Å². The molecule has 2 aromatic carbocycles. The number of phosphoric acid groups is 2. The first-order valence-corrected chi connectivity index (χ1v) is 29.7. The molecule has 0 spiro atoms. The summed E-state index contributed by atoms with van der Waals surface area (Å²) in [6, 6.07) is 7.92. The summed E-state index contributed by atoms with van der Waals surface area (Å²) in [5.74, 6) is 0.597. The Balaban J connectivity index is 1.00. The fraction of sp³-hybridized carbons (Fsp3) is 0.745. The maximum absolute atomic E-state index is 15.4. The molecule has 28 heteroatoms. The topological polar surface area (TPSA) is 141 Å². The molecule has 1 N–H and O–H groups in total. The first kappa shape index (κ1) is 64.1. The van der Waals surface area contributed by atoms with Crippen LogP contribution in [0.5, 0.6) is 11.5 Å². The van der Waals surface area contributed by atoms with Crippen molar-refractivity contribution in [3.8, 4) is 11.5 Å². The number of fused-ring (bicyclic) bond motifs is 5. The molecule has 3 aliphatic carbocycles. The van der Waals surface area contributed by atoms with Gasteiger partial charge in [-0.25, -0.2) is 17.9 Å². The average Bonchev–Trinajstić information content (AvgIpc) is 3.67. The highest BCUT2D eigenvalue weighted by atomic mass is 33.1. The highest BCUT2D eigenvalue weighted by Crippen LogP contribution is 2.62. The Morgan fingerprint density at radius 1 is 0.773 bits per heavy atom. The molecule has 0 radical (unpaired) electrons. The predicted octanol–water partition coefficient (Wildman–Crippen LogP) is 13.6. The maximum atomic E-state index is 15.4. The van der Waals surface area contributed by atoms with Crippen LogP contribution >= 0.6 is 37.2 Å². The van der Waals surface area contributed by atoms with E-state index < -0.39 is 76.5 Å². The highest BCUT2D eigenvalue weighted by Gasteiger charge is 2.85. The van der Waals surface area contributed by atoms with Gasteiger partial charge in [-0.1, -0.05) is 34.6 Å². The summed E-state index contributed by atoms with van der Waals surface area (Å²) in [5, 5.41) is 0. The third-order valence-corrected chi connectivity index (χ3v) is 18.9. The lowest BCUT2D eigenvalue weighted by Crippen LogP contribution is -2.67. The van der Waals surface area contributed by atoms with Crippen LogP contribution in [0.4, 0.5) is 48.3 Å². The SMILES string of the molecule is COP(=O)(O)OCC(CCCOCCSSCCCN(C)Cc1c(F)cc(Oc2ccc3c(c2)CCC2C3CCC3(C)C(OCCCOC(C(F)(F)F)(C(F)(F)F)C(F)(F)F)CCC23)cc1F)COP(=O)(OC)OC. The Morgan fingerprint density at radius 2 is 1.43 bits per heavy atom. The molecule has 0 bridgehead atoms. The zero-order chi connectivity index (χ0) is 55.5. The van der Waals surface area contributed by atoms with Gasteiger partial charge in [-0.15, -0.1) is 0 Å². The Morgan fingerprint density at radius 3 is 2.07 bits per heavy atom. The Labute approximate surface area is 437 Å². The summed E-state index contributed by atoms with van der Waals surface area (Å²) in [7, 11) is 0.447. The Hall–Kier alpha value is -1.77. The lowest BCUT2D eigenvalue weighted by Gasteiger charge is -2.50. The first-order chi connectivity index (χ1) is 35.1. The van der Waals surface area contributed by atoms with E-state index in [1.165, 1.54) is 14.2 Å². The second-order valence-electron chi connectivity index (χ2n) is 19.0. The molecule has 7 unspecified atom stereocenters. The number of alkyl halides is 9. The van der Waals surface area contributed by atoms with Crippen molar-refractivity contribution in [2.45, 2.75) is 114 Å². The van der Waals surface area contributed by atoms with Crippen molar-refractivity contribution in [2.24, 2.45) is 23.2 Å². The molecule has 7 atom stereocenters. The number of ether oxygens (including phenoxy) is 4. The van der Waals surface area contributed by atoms with Gasteiger partial charge in [0.2, 0.25) is 0 Å². The van der Waals surface area contributed by atoms with Crippen molar-refractivity contribution in [1.29, 1.82) is 0 Å². The number of hydrogen-bond acceptors (Lipinski definition) is 14. The van der Waals surface area contributed by atoms with Crippen LogP contribution in [0.3, 0.4) is 0 Å². The quantitative estimate of drug-likeness (QED) is 0.0331. The molecule has 2 saturated carbocycles. The zero-order valence-corrected chi connectivity index (χ0v) is 45.6. The van der Waals surface area contributed by atoms with Crippen LogP contribution in [-0.2, 0) is 58.9 Å². The van der Waals surface area contributed by atoms with E-state index in [2.05, 4.69) is 9.26 Å². The van der Waals surface area contributed by atoms with Gasteiger partial charge in [0, 0.05) is 76.2 Å². The fourth-order valence-corrected chi connectivity index (χ4v) is 13.6. The summed E-state index contributed by atoms with van der Waals surface area (Å²) < 4.78 is 220. The van der Waals surface area contributed by atoms with Crippen LogP contribution < -0.4 is 4.74 Å². The molecule has 5 rings (SSSR count). The van der Waals surface area contributed by atoms with Crippen molar-refractivity contribution in [2.75, 3.05) is 86.1 Å². The molecular formula is C47H66F11NO12P2S2. The van der Waals surface area contributed by atoms with E-state index in [-0.39, 0.29) is 60.8 Å². The molecule has 3 aliphatic rings. The number of phosphoric ester groups is 2. The molecule has 430 valence electrons. The van der Waals surface area contributed by atoms with E-state index in [9.17, 15) is 53.5 Å². The van der Waals surface area contributed by atoms with E-state index in [1.807, 2.05) is 24.0 Å². The van der Waals surface area contributed by atoms with Crippen molar-refractivity contribution >= 4 is 37.2 Å². The second-order valence-corrected chi connectivity index (χ2v) is 25.2. The molecule has 0 saturated heterocycles. The van der Waals surface area contributed by atoms with E-state index in [0.29, 0.717) is 63.4 Å². The van der Waals surface area contributed by atoms with Crippen molar-refractivity contribution in [3.05, 3.63) is 58.7 Å². The monoisotopic (exact) mass is 1170 g/mol. The molecule has 0 heterocycles. The zero-order valence-electron chi connectivity index (χ0n) is 42.2. The summed E-state index contributed by atoms with van der Waals surface area (Å²) in [6.45, 7) is 1.36. The lowest BCUT2D eigenvalue weighted by atomic mass is 9.55. The van der Waals surface area contributed by atoms with Gasteiger partial charge in [0.1, 0.15) is 23.1 Å². The van der Waals surface area contributed by atoms with Gasteiger partial charge in [0.15, 0.2) is 0 Å². The van der Waals surface area contributed by atoms with Crippen LogP contribution in [0.2, 0.25) is 0 Å². The number of rotatable bonds is 31. The minimum absolute atomic E-state index is 0.00395. The molecule has 0 aliphatic heterocycles. The van der Waals surface area contributed by atoms with Gasteiger partial charge in [-0.2, -0.15) is 39.5 Å². The van der Waals surface area contributed by atoms with Gasteiger partial charge >= 0.3 is 39.8 Å². The molecule has 0 aromatic heterocycles. The van der Waals surface area contributed by atoms with Gasteiger partial charge in [-0.3, -0.25) is 22.6 Å². The smallest absolute Gasteiger partial charge is 0.457 e. The Bertz CT molecular complexity index is 2170. The lowest BCUT2D eigenvalue weighted by molar-refractivity contribution is -0.457. The number of halogens is 11. The normalized spacial score (nSPS) is 22.7. The summed E-state index contributed by atoms with van der Waals surface area (Å²) >= 11 is 0. The predicted molar refractivity (Wildman–Crippen MR) is 258 cm³/mol. The van der Waals surface area contributed by atoms with Crippen LogP contribution in [0.1, 0.15) is 87.3 Å². The Kier molecular flexibility index (Phi) is 23.6. The van der Waals surface area contributed by atoms with E-state index >= 15 is 8.78 Å². The van der Waals surface area contributed by atoms with Gasteiger partial charge < -0.3 is 28.7 Å². The minimum Gasteiger partial charge on any atom is -0.457 e. The average molecular weight is 1170 g/mol. The molecule has 75 heavy (non-hydrogen) atoms. The molecule has 2 fully saturated rings. The molecular weight excluding hydrogens is 1110 g/mol. The maximum Gasteiger partial charge on any atom is 0.474 e. The number of benzene rings is 2. The van der Waals surface area contributed by atoms with Crippen LogP contribution in [0.15, 0.2) is 30.3 Å². The highest BCUT2D eigenvalue weighted by molar-refractivity contribution is 8.76. The summed E-state index contributed by atoms with van der Waals surface area (Å²) in [5.41, 5.74) is -4.60. The standard InChI is InChI=1S/C47H66F11NO12P2S2/c1-43-17-16-36-35-13-11-33(25-32(35)10-12-37(36)39(43)14-15-42(43)67-20-8-21-68-44(45(50,51)52,46(53,54)55)47(56,57)58)71-34-26-40(48)38(41(49)27-34)28-59(2)18-7-23-74-75-24-22-66-19-6-9-31(29-69-72(60,61)63-3)30-70-73(62,64-4)65-5/h11,13,25-27,31,36-37,39,42H,6-10,12,14-24,28-30H2,1-5H3,(H,60,61). The molecule has 0 amide bonds. The minimum atomic E-state index is -6.79. The summed E-state index contributed by atoms with van der Waals surface area (Å²) in [6.07, 6.45) is -15.3. The van der Waals surface area contributed by atoms with Gasteiger partial charge in [0.05, 0.1) is 32.5 Å². The van der Waals surface area contributed by atoms with Crippen molar-refractivity contribution in [3.63, 3.8) is 0 Å². The first-order valence-electron chi connectivity index (χ1n) is 24.3. The second kappa shape index (κ2) is 27.6. The van der Waals surface area contributed by atoms with Gasteiger partial charge in [0.25, 0.3) is 0 Å². The number of nitrogens with zero attached hydrogens (tertiary/aromatic N) is 1. The molecule has 13 nitrogen and oxygen atoms in total. The number of hydrogen-bond donors (Lipinski definition) is 1. The van der Waals surface area contributed by atoms with Gasteiger partial charge in [-0.05, 0) is 124 Å². The van der Waals surface area contributed by atoms with E-state index in [0.717, 1.165) is 61.8 Å². The van der Waals surface area contributed by atoms with E-state index in [1.54, 1.807) is 34.7 Å². The third-order valence-electron chi connectivity index (χ3n) is 14.2. The fourth-order valence-electron chi connectivity index (χ4n) is 10.4. The largest absolute Gasteiger partial charge is 0.474 e. The number of aryl methyl sites for hydroxylation is 1. The molecule has 2 aromatic rings. The van der Waals surface area contributed by atoms with Crippen LogP contribution in [0, 0.1) is 34.8 Å². The van der Waals surface area contributed by atoms with Crippen molar-refractivity contribution < 1.29 is 104 Å². The summed E-state index contributed by atoms with van der Waals surface area (Å²) in [4.78, 5) is 11.4. The van der Waals surface area contributed by atoms with Crippen molar-refractivity contribution in [1.82, 2.24) is 4.90 Å². The van der Waals surface area contributed by atoms with E-state index in [4.69, 9.17) is 32.3 Å².